The molecule has 3 heterocycles. The van der Waals surface area contributed by atoms with Crippen LogP contribution in [0.15, 0.2) is 42.6 Å². The summed E-state index contributed by atoms with van der Waals surface area (Å²) in [5.74, 6) is -2.17. The molecule has 2 aromatic heterocycles. The average molecular weight is 615 g/mol. The molecule has 3 N–H and O–H groups in total. The number of carbonyl (C=O) groups is 4. The van der Waals surface area contributed by atoms with Crippen molar-refractivity contribution in [2.45, 2.75) is 58.7 Å². The van der Waals surface area contributed by atoms with E-state index in [0.29, 0.717) is 35.4 Å². The lowest BCUT2D eigenvalue weighted by Gasteiger charge is -2.21. The van der Waals surface area contributed by atoms with Crippen LogP contribution in [0.5, 0.6) is 5.75 Å². The van der Waals surface area contributed by atoms with E-state index in [4.69, 9.17) is 9.47 Å². The fraction of sp³-hybridized carbons (Fsp3) is 0.312. The zero-order valence-electron chi connectivity index (χ0n) is 25.1. The van der Waals surface area contributed by atoms with E-state index in [9.17, 15) is 23.6 Å². The van der Waals surface area contributed by atoms with Gasteiger partial charge in [-0.3, -0.25) is 14.4 Å². The van der Waals surface area contributed by atoms with Crippen molar-refractivity contribution in [1.82, 2.24) is 25.2 Å². The molecule has 1 atom stereocenters. The van der Waals surface area contributed by atoms with Crippen LogP contribution in [0, 0.1) is 12.7 Å². The van der Waals surface area contributed by atoms with E-state index in [1.165, 1.54) is 6.07 Å². The summed E-state index contributed by atoms with van der Waals surface area (Å²) in [5.41, 5.74) is 3.11. The van der Waals surface area contributed by atoms with Gasteiger partial charge in [-0.15, -0.1) is 0 Å². The maximum Gasteiger partial charge on any atom is 0.338 e. The maximum absolute atomic E-state index is 14.6. The lowest BCUT2D eigenvalue weighted by atomic mass is 9.97. The predicted molar refractivity (Wildman–Crippen MR) is 160 cm³/mol. The van der Waals surface area contributed by atoms with Crippen molar-refractivity contribution in [1.29, 1.82) is 0 Å². The van der Waals surface area contributed by atoms with Crippen LogP contribution in [0.3, 0.4) is 0 Å². The topological polar surface area (TPSA) is 153 Å². The molecular weight excluding hydrogens is 583 g/mol. The Morgan fingerprint density at radius 1 is 1.16 bits per heavy atom. The van der Waals surface area contributed by atoms with Crippen LogP contribution in [-0.2, 0) is 22.5 Å². The van der Waals surface area contributed by atoms with Crippen LogP contribution in [0.4, 0.5) is 10.1 Å². The Morgan fingerprint density at radius 2 is 1.96 bits per heavy atom. The highest BCUT2D eigenvalue weighted by molar-refractivity contribution is 5.99. The second kappa shape index (κ2) is 11.3. The highest BCUT2D eigenvalue weighted by Crippen LogP contribution is 2.35. The maximum atomic E-state index is 14.6. The molecule has 6 rings (SSSR count). The summed E-state index contributed by atoms with van der Waals surface area (Å²) in [7, 11) is 0. The first-order chi connectivity index (χ1) is 21.4. The number of esters is 1. The fourth-order valence-electron chi connectivity index (χ4n) is 5.54. The predicted octanol–water partition coefficient (Wildman–Crippen LogP) is 3.81. The van der Waals surface area contributed by atoms with E-state index in [2.05, 4.69) is 26.0 Å². The van der Waals surface area contributed by atoms with Gasteiger partial charge in [-0.25, -0.2) is 18.7 Å². The number of nitrogens with zero attached hydrogens (tertiary/aromatic N) is 3. The number of benzene rings is 2. The van der Waals surface area contributed by atoms with E-state index >= 15 is 0 Å². The number of ether oxygens (including phenoxy) is 2. The number of aromatic nitrogens is 3. The van der Waals surface area contributed by atoms with E-state index in [-0.39, 0.29) is 42.1 Å². The number of amides is 3. The van der Waals surface area contributed by atoms with Gasteiger partial charge in [0.25, 0.3) is 17.7 Å². The molecule has 3 amide bonds. The molecule has 2 aliphatic rings. The zero-order chi connectivity index (χ0) is 32.0. The molecular formula is C32H31FN6O6. The summed E-state index contributed by atoms with van der Waals surface area (Å²) in [6.45, 7) is 7.29. The van der Waals surface area contributed by atoms with Crippen molar-refractivity contribution < 1.29 is 33.0 Å². The zero-order valence-corrected chi connectivity index (χ0v) is 25.1. The Morgan fingerprint density at radius 3 is 2.73 bits per heavy atom. The Bertz CT molecular complexity index is 1900. The van der Waals surface area contributed by atoms with Crippen LogP contribution < -0.4 is 20.7 Å². The largest absolute Gasteiger partial charge is 0.482 e. The van der Waals surface area contributed by atoms with Gasteiger partial charge in [-0.05, 0) is 81.0 Å². The van der Waals surface area contributed by atoms with Crippen molar-refractivity contribution in [2.24, 2.45) is 0 Å². The van der Waals surface area contributed by atoms with Crippen molar-refractivity contribution in [2.75, 3.05) is 11.9 Å². The fourth-order valence-corrected chi connectivity index (χ4v) is 5.54. The van der Waals surface area contributed by atoms with Crippen LogP contribution in [0.1, 0.15) is 86.8 Å². The third kappa shape index (κ3) is 5.93. The number of carbonyl (C=O) groups excluding carboxylic acids is 4. The number of anilines is 1. The standard InChI is InChI=1S/C32H31FN6O6/c1-16-18-8-9-22(20(18)7-6-19(16)31(43)45-32(2,3)4)38-30(42)25-12-24(37-28-21(33)14-35-39(25)28)29(41)34-13-17-5-10-26-23(11-17)36-27(40)15-44-26/h5-7,10-12,14,22H,8-9,13,15H2,1-4H3,(H,34,41)(H,36,40)(H,38,42)/t22-/m0/s1. The molecule has 0 saturated heterocycles. The Labute approximate surface area is 257 Å². The Hall–Kier alpha value is -5.33. The van der Waals surface area contributed by atoms with Crippen LogP contribution in [0.25, 0.3) is 5.65 Å². The monoisotopic (exact) mass is 614 g/mol. The molecule has 0 fully saturated rings. The van der Waals surface area contributed by atoms with E-state index < -0.39 is 29.2 Å². The first-order valence-corrected chi connectivity index (χ1v) is 14.4. The summed E-state index contributed by atoms with van der Waals surface area (Å²) < 4.78 is 26.6. The summed E-state index contributed by atoms with van der Waals surface area (Å²) in [5, 5.41) is 12.4. The number of nitrogens with one attached hydrogen (secondary N) is 3. The number of fused-ring (bicyclic) bond motifs is 3. The molecule has 1 aliphatic carbocycles. The van der Waals surface area contributed by atoms with Gasteiger partial charge in [0.2, 0.25) is 0 Å². The Kier molecular flexibility index (Phi) is 7.47. The van der Waals surface area contributed by atoms with Gasteiger partial charge in [0, 0.05) is 12.6 Å². The first kappa shape index (κ1) is 29.7. The number of rotatable bonds is 6. The summed E-state index contributed by atoms with van der Waals surface area (Å²) >= 11 is 0. The average Bonchev–Trinajstić information content (AvgIpc) is 3.57. The summed E-state index contributed by atoms with van der Waals surface area (Å²) in [4.78, 5) is 55.2. The molecule has 232 valence electrons. The molecule has 0 saturated carbocycles. The minimum absolute atomic E-state index is 0.0692. The molecule has 13 heteroatoms. The van der Waals surface area contributed by atoms with Gasteiger partial charge in [0.1, 0.15) is 22.7 Å². The smallest absolute Gasteiger partial charge is 0.338 e. The van der Waals surface area contributed by atoms with Gasteiger partial charge in [0.05, 0.1) is 23.5 Å². The minimum Gasteiger partial charge on any atom is -0.482 e. The van der Waals surface area contributed by atoms with Crippen molar-refractivity contribution >= 4 is 35.0 Å². The lowest BCUT2D eigenvalue weighted by molar-refractivity contribution is -0.118. The second-order valence-corrected chi connectivity index (χ2v) is 12.0. The molecule has 0 unspecified atom stereocenters. The highest BCUT2D eigenvalue weighted by atomic mass is 19.1. The highest BCUT2D eigenvalue weighted by Gasteiger charge is 2.30. The van der Waals surface area contributed by atoms with Gasteiger partial charge in [0.15, 0.2) is 18.1 Å². The SMILES string of the molecule is Cc1c(C(=O)OC(C)(C)C)ccc2c1CC[C@@H]2NC(=O)c1cc(C(=O)NCc2ccc3c(c2)NC(=O)CO3)nc2c(F)cnn12. The normalized spacial score (nSPS) is 15.5. The van der Waals surface area contributed by atoms with Crippen LogP contribution in [0.2, 0.25) is 0 Å². The second-order valence-electron chi connectivity index (χ2n) is 12.0. The third-order valence-electron chi connectivity index (χ3n) is 7.64. The van der Waals surface area contributed by atoms with Crippen molar-refractivity contribution in [3.8, 4) is 5.75 Å². The molecule has 1 aliphatic heterocycles. The molecule has 0 bridgehead atoms. The van der Waals surface area contributed by atoms with E-state index in [1.807, 2.05) is 33.8 Å². The Balaban J connectivity index is 1.21. The summed E-state index contributed by atoms with van der Waals surface area (Å²) in [6, 6.07) is 9.49. The number of hydrogen-bond acceptors (Lipinski definition) is 8. The minimum atomic E-state index is -0.791. The quantitative estimate of drug-likeness (QED) is 0.277. The number of hydrogen-bond donors (Lipinski definition) is 3. The van der Waals surface area contributed by atoms with E-state index in [1.54, 1.807) is 24.3 Å². The summed E-state index contributed by atoms with van der Waals surface area (Å²) in [6.07, 6.45) is 2.15. The molecule has 4 aromatic rings. The first-order valence-electron chi connectivity index (χ1n) is 14.4. The number of halogens is 1. The molecule has 0 radical (unpaired) electrons. The van der Waals surface area contributed by atoms with Crippen LogP contribution >= 0.6 is 0 Å². The molecule has 45 heavy (non-hydrogen) atoms. The van der Waals surface area contributed by atoms with Gasteiger partial charge in [-0.1, -0.05) is 12.1 Å². The van der Waals surface area contributed by atoms with E-state index in [0.717, 1.165) is 27.4 Å². The van der Waals surface area contributed by atoms with Crippen molar-refractivity contribution in [3.05, 3.63) is 87.6 Å². The van der Waals surface area contributed by atoms with Gasteiger partial charge < -0.3 is 25.4 Å². The lowest BCUT2D eigenvalue weighted by Crippen LogP contribution is -2.31. The third-order valence-corrected chi connectivity index (χ3v) is 7.64. The molecule has 0 spiro atoms. The van der Waals surface area contributed by atoms with Crippen LogP contribution in [-0.4, -0.2) is 50.5 Å². The molecule has 2 aromatic carbocycles. The van der Waals surface area contributed by atoms with Crippen molar-refractivity contribution in [3.63, 3.8) is 0 Å². The molecule has 12 nitrogen and oxygen atoms in total. The van der Waals surface area contributed by atoms with Gasteiger partial charge >= 0.3 is 5.97 Å². The van der Waals surface area contributed by atoms with Gasteiger partial charge in [-0.2, -0.15) is 5.10 Å².